The number of nitrogens with one attached hydrogen (secondary N) is 2. The molecule has 1 heterocycles. The van der Waals surface area contributed by atoms with Gasteiger partial charge in [0, 0.05) is 35.8 Å². The van der Waals surface area contributed by atoms with E-state index >= 15 is 0 Å². The van der Waals surface area contributed by atoms with E-state index in [1.807, 2.05) is 29.2 Å². The molecule has 0 aromatic heterocycles. The van der Waals surface area contributed by atoms with Crippen LogP contribution in [0.4, 0.5) is 5.69 Å². The summed E-state index contributed by atoms with van der Waals surface area (Å²) in [5.41, 5.74) is 2.21. The first-order valence-corrected chi connectivity index (χ1v) is 10.5. The minimum atomic E-state index is -0.192. The molecular formula is C22H24ClN3O2S. The monoisotopic (exact) mass is 429 g/mol. The molecule has 2 aromatic rings. The molecule has 3 rings (SSSR count). The van der Waals surface area contributed by atoms with E-state index < -0.39 is 0 Å². The van der Waals surface area contributed by atoms with Crippen molar-refractivity contribution >= 4 is 46.4 Å². The van der Waals surface area contributed by atoms with Crippen LogP contribution in [0.15, 0.2) is 48.5 Å². The van der Waals surface area contributed by atoms with Crippen molar-refractivity contribution in [3.63, 3.8) is 0 Å². The smallest absolute Gasteiger partial charge is 0.253 e. The van der Waals surface area contributed by atoms with Crippen molar-refractivity contribution in [3.05, 3.63) is 64.7 Å². The number of rotatable bonds is 5. The molecule has 0 bridgehead atoms. The average molecular weight is 430 g/mol. The van der Waals surface area contributed by atoms with Gasteiger partial charge in [-0.1, -0.05) is 35.9 Å². The Labute approximate surface area is 181 Å². The minimum Gasteiger partial charge on any atom is -0.339 e. The van der Waals surface area contributed by atoms with Crippen molar-refractivity contribution < 1.29 is 9.59 Å². The van der Waals surface area contributed by atoms with Crippen LogP contribution in [0.3, 0.4) is 0 Å². The molecule has 0 atom stereocenters. The van der Waals surface area contributed by atoms with Crippen molar-refractivity contribution in [1.29, 1.82) is 0 Å². The number of nitrogens with zero attached hydrogens (tertiary/aromatic N) is 1. The van der Waals surface area contributed by atoms with Crippen LogP contribution in [0, 0.1) is 0 Å². The summed E-state index contributed by atoms with van der Waals surface area (Å²) in [4.78, 5) is 26.7. The van der Waals surface area contributed by atoms with Gasteiger partial charge in [-0.2, -0.15) is 0 Å². The van der Waals surface area contributed by atoms with Gasteiger partial charge in [-0.15, -0.1) is 0 Å². The van der Waals surface area contributed by atoms with Crippen LogP contribution in [-0.2, 0) is 11.2 Å². The van der Waals surface area contributed by atoms with Crippen molar-refractivity contribution in [3.8, 4) is 0 Å². The first-order valence-electron chi connectivity index (χ1n) is 9.76. The van der Waals surface area contributed by atoms with Gasteiger partial charge in [-0.3, -0.25) is 9.59 Å². The second-order valence-corrected chi connectivity index (χ2v) is 7.84. The van der Waals surface area contributed by atoms with Gasteiger partial charge in [0.1, 0.15) is 0 Å². The third-order valence-corrected chi connectivity index (χ3v) is 5.42. The minimum absolute atomic E-state index is 0.0306. The third kappa shape index (κ3) is 6.27. The molecule has 1 aliphatic rings. The van der Waals surface area contributed by atoms with Crippen molar-refractivity contribution in [2.24, 2.45) is 0 Å². The molecule has 0 spiro atoms. The fourth-order valence-electron chi connectivity index (χ4n) is 3.31. The van der Waals surface area contributed by atoms with Crippen LogP contribution >= 0.6 is 23.8 Å². The molecule has 0 radical (unpaired) electrons. The van der Waals surface area contributed by atoms with Crippen LogP contribution in [0.1, 0.15) is 41.6 Å². The Hall–Kier alpha value is -2.44. The van der Waals surface area contributed by atoms with Gasteiger partial charge in [0.2, 0.25) is 5.91 Å². The number of hydrogen-bond donors (Lipinski definition) is 2. The van der Waals surface area contributed by atoms with Crippen LogP contribution in [0.5, 0.6) is 0 Å². The van der Waals surface area contributed by atoms with E-state index in [0.29, 0.717) is 22.7 Å². The zero-order valence-electron chi connectivity index (χ0n) is 16.1. The van der Waals surface area contributed by atoms with E-state index in [9.17, 15) is 9.59 Å². The Morgan fingerprint density at radius 1 is 1.03 bits per heavy atom. The van der Waals surface area contributed by atoms with Gasteiger partial charge >= 0.3 is 0 Å². The maximum atomic E-state index is 12.6. The van der Waals surface area contributed by atoms with Gasteiger partial charge in [0.05, 0.1) is 0 Å². The summed E-state index contributed by atoms with van der Waals surface area (Å²) in [6.07, 6.45) is 4.09. The second-order valence-electron chi connectivity index (χ2n) is 7.03. The molecule has 2 amide bonds. The molecule has 2 aromatic carbocycles. The first kappa shape index (κ1) is 21.3. The first-order chi connectivity index (χ1) is 14.0. The fourth-order valence-corrected chi connectivity index (χ4v) is 3.77. The van der Waals surface area contributed by atoms with Crippen LogP contribution in [0.2, 0.25) is 5.02 Å². The van der Waals surface area contributed by atoms with E-state index in [2.05, 4.69) is 10.6 Å². The van der Waals surface area contributed by atoms with Crippen LogP contribution in [0.25, 0.3) is 0 Å². The number of anilines is 1. The number of benzene rings is 2. The Kier molecular flexibility index (Phi) is 7.61. The molecular weight excluding hydrogens is 406 g/mol. The summed E-state index contributed by atoms with van der Waals surface area (Å²) in [5, 5.41) is 6.51. The largest absolute Gasteiger partial charge is 0.339 e. The predicted molar refractivity (Wildman–Crippen MR) is 120 cm³/mol. The number of halogens is 1. The van der Waals surface area contributed by atoms with E-state index in [0.717, 1.165) is 31.5 Å². The Bertz CT molecular complexity index is 897. The SMILES string of the molecule is O=C(CCc1ccccc1Cl)NC(=S)Nc1cccc(C(=O)N2CCCCC2)c1. The number of aryl methyl sites for hydroxylation is 1. The van der Waals surface area contributed by atoms with Crippen LogP contribution < -0.4 is 10.6 Å². The maximum absolute atomic E-state index is 12.6. The number of hydrogen-bond acceptors (Lipinski definition) is 3. The quantitative estimate of drug-likeness (QED) is 0.691. The van der Waals surface area contributed by atoms with Gasteiger partial charge < -0.3 is 15.5 Å². The molecule has 152 valence electrons. The molecule has 7 heteroatoms. The summed E-state index contributed by atoms with van der Waals surface area (Å²) < 4.78 is 0. The molecule has 0 unspecified atom stereocenters. The molecule has 29 heavy (non-hydrogen) atoms. The Morgan fingerprint density at radius 3 is 2.55 bits per heavy atom. The highest BCUT2D eigenvalue weighted by atomic mass is 35.5. The lowest BCUT2D eigenvalue weighted by Gasteiger charge is -2.26. The number of thiocarbonyl (C=S) groups is 1. The van der Waals surface area contributed by atoms with Gasteiger partial charge in [-0.05, 0) is 67.7 Å². The third-order valence-electron chi connectivity index (χ3n) is 4.84. The maximum Gasteiger partial charge on any atom is 0.253 e. The molecule has 2 N–H and O–H groups in total. The van der Waals surface area contributed by atoms with E-state index in [1.165, 1.54) is 6.42 Å². The number of amides is 2. The van der Waals surface area contributed by atoms with Crippen molar-refractivity contribution in [2.75, 3.05) is 18.4 Å². The average Bonchev–Trinajstić information content (AvgIpc) is 2.73. The standard InChI is InChI=1S/C22H24ClN3O2S/c23-19-10-3-2-7-16(19)11-12-20(27)25-22(29)24-18-9-6-8-17(15-18)21(28)26-13-4-1-5-14-26/h2-3,6-10,15H,1,4-5,11-14H2,(H2,24,25,27,29). The van der Waals surface area contributed by atoms with E-state index in [-0.39, 0.29) is 23.3 Å². The Balaban J connectivity index is 1.51. The molecule has 0 aliphatic carbocycles. The lowest BCUT2D eigenvalue weighted by atomic mass is 10.1. The van der Waals surface area contributed by atoms with Gasteiger partial charge in [0.15, 0.2) is 5.11 Å². The predicted octanol–water partition coefficient (Wildman–Crippen LogP) is 4.41. The molecule has 1 fully saturated rings. The summed E-state index contributed by atoms with van der Waals surface area (Å²) >= 11 is 11.4. The second kappa shape index (κ2) is 10.4. The summed E-state index contributed by atoms with van der Waals surface area (Å²) in [6, 6.07) is 14.6. The molecule has 5 nitrogen and oxygen atoms in total. The van der Waals surface area contributed by atoms with Crippen LogP contribution in [-0.4, -0.2) is 34.9 Å². The highest BCUT2D eigenvalue weighted by Gasteiger charge is 2.18. The normalized spacial score (nSPS) is 13.6. The number of carbonyl (C=O) groups is 2. The number of likely N-dealkylation sites (tertiary alicyclic amines) is 1. The van der Waals surface area contributed by atoms with Gasteiger partial charge in [-0.25, -0.2) is 0 Å². The van der Waals surface area contributed by atoms with Crippen molar-refractivity contribution in [1.82, 2.24) is 10.2 Å². The highest BCUT2D eigenvalue weighted by Crippen LogP contribution is 2.17. The van der Waals surface area contributed by atoms with Gasteiger partial charge in [0.25, 0.3) is 5.91 Å². The van der Waals surface area contributed by atoms with Crippen molar-refractivity contribution in [2.45, 2.75) is 32.1 Å². The lowest BCUT2D eigenvalue weighted by molar-refractivity contribution is -0.119. The summed E-state index contributed by atoms with van der Waals surface area (Å²) in [6.45, 7) is 1.60. The topological polar surface area (TPSA) is 61.4 Å². The molecule has 1 saturated heterocycles. The lowest BCUT2D eigenvalue weighted by Crippen LogP contribution is -2.36. The Morgan fingerprint density at radius 2 is 1.79 bits per heavy atom. The molecule has 1 aliphatic heterocycles. The number of piperidine rings is 1. The van der Waals surface area contributed by atoms with E-state index in [4.69, 9.17) is 23.8 Å². The summed E-state index contributed by atoms with van der Waals surface area (Å²) in [5.74, 6) is -0.161. The van der Waals surface area contributed by atoms with E-state index in [1.54, 1.807) is 24.3 Å². The zero-order chi connectivity index (χ0) is 20.6. The summed E-state index contributed by atoms with van der Waals surface area (Å²) in [7, 11) is 0. The number of carbonyl (C=O) groups excluding carboxylic acids is 2. The fraction of sp³-hybridized carbons (Fsp3) is 0.318. The zero-order valence-corrected chi connectivity index (χ0v) is 17.7. The molecule has 0 saturated carbocycles. The highest BCUT2D eigenvalue weighted by molar-refractivity contribution is 7.80.